The highest BCUT2D eigenvalue weighted by Gasteiger charge is 2.28. The number of aryl methyl sites for hydroxylation is 2. The summed E-state index contributed by atoms with van der Waals surface area (Å²) in [7, 11) is -2.38. The van der Waals surface area contributed by atoms with Crippen LogP contribution in [0.4, 0.5) is 5.69 Å². The molecule has 0 aromatic heterocycles. The zero-order valence-electron chi connectivity index (χ0n) is 18.7. The van der Waals surface area contributed by atoms with Gasteiger partial charge in [0, 0.05) is 5.56 Å². The van der Waals surface area contributed by atoms with Gasteiger partial charge in [-0.15, -0.1) is 0 Å². The van der Waals surface area contributed by atoms with Crippen LogP contribution in [0.15, 0.2) is 77.7 Å². The number of nitrogens with zero attached hydrogens (tertiary/aromatic N) is 1. The molecule has 0 fully saturated rings. The molecule has 1 N–H and O–H groups in total. The number of amides is 1. The third kappa shape index (κ3) is 5.11. The summed E-state index contributed by atoms with van der Waals surface area (Å²) in [6, 6.07) is 20.8. The molecule has 32 heavy (non-hydrogen) atoms. The Hall–Kier alpha value is -3.32. The van der Waals surface area contributed by atoms with Crippen molar-refractivity contribution >= 4 is 21.6 Å². The van der Waals surface area contributed by atoms with Crippen LogP contribution in [0.1, 0.15) is 29.7 Å². The smallest absolute Gasteiger partial charge is 0.264 e. The predicted octanol–water partition coefficient (Wildman–Crippen LogP) is 4.38. The zero-order valence-corrected chi connectivity index (χ0v) is 19.5. The number of hydrogen-bond donors (Lipinski definition) is 1. The molecule has 0 unspecified atom stereocenters. The molecule has 7 heteroatoms. The molecule has 0 spiro atoms. The van der Waals surface area contributed by atoms with E-state index in [9.17, 15) is 13.2 Å². The van der Waals surface area contributed by atoms with E-state index in [0.29, 0.717) is 11.4 Å². The van der Waals surface area contributed by atoms with E-state index >= 15 is 0 Å². The van der Waals surface area contributed by atoms with E-state index in [4.69, 9.17) is 4.74 Å². The van der Waals surface area contributed by atoms with Gasteiger partial charge in [-0.05, 0) is 50.6 Å². The minimum absolute atomic E-state index is 0.136. The zero-order chi connectivity index (χ0) is 23.3. The van der Waals surface area contributed by atoms with Gasteiger partial charge in [0.25, 0.3) is 10.0 Å². The van der Waals surface area contributed by atoms with Gasteiger partial charge in [0.15, 0.2) is 0 Å². The minimum atomic E-state index is -3.95. The third-order valence-electron chi connectivity index (χ3n) is 5.26. The van der Waals surface area contributed by atoms with Gasteiger partial charge in [-0.3, -0.25) is 9.10 Å². The number of sulfonamides is 1. The number of nitrogens with one attached hydrogen (secondary N) is 1. The fourth-order valence-electron chi connectivity index (χ4n) is 3.50. The largest absolute Gasteiger partial charge is 0.496 e. The van der Waals surface area contributed by atoms with Crippen molar-refractivity contribution in [3.63, 3.8) is 0 Å². The highest BCUT2D eigenvalue weighted by atomic mass is 32.2. The Bertz CT molecular complexity index is 1190. The first kappa shape index (κ1) is 23.3. The maximum absolute atomic E-state index is 13.5. The molecule has 3 aromatic carbocycles. The van der Waals surface area contributed by atoms with E-state index in [-0.39, 0.29) is 17.5 Å². The Balaban J connectivity index is 1.92. The van der Waals surface area contributed by atoms with Gasteiger partial charge in [0.05, 0.1) is 23.7 Å². The molecule has 168 valence electrons. The lowest BCUT2D eigenvalue weighted by Crippen LogP contribution is -2.42. The van der Waals surface area contributed by atoms with Crippen LogP contribution in [0.5, 0.6) is 5.75 Å². The molecule has 0 aliphatic carbocycles. The number of rotatable bonds is 8. The molecule has 0 aliphatic rings. The van der Waals surface area contributed by atoms with Crippen LogP contribution >= 0.6 is 0 Å². The molecule has 6 nitrogen and oxygen atoms in total. The number of hydrogen-bond acceptors (Lipinski definition) is 4. The molecule has 0 heterocycles. The summed E-state index contributed by atoms with van der Waals surface area (Å²) in [5, 5.41) is 2.90. The standard InChI is InChI=1S/C25H28N2O4S/c1-18-13-15-21(16-14-18)32(29,30)27(23-11-7-5-9-19(23)2)17-25(28)26-20(3)22-10-6-8-12-24(22)31-4/h5-16,20H,17H2,1-4H3,(H,26,28)/t20-/m0/s1. The van der Waals surface area contributed by atoms with E-state index in [1.54, 1.807) is 43.5 Å². The number of benzene rings is 3. The lowest BCUT2D eigenvalue weighted by Gasteiger charge is -2.26. The monoisotopic (exact) mass is 452 g/mol. The van der Waals surface area contributed by atoms with E-state index in [1.165, 1.54) is 0 Å². The predicted molar refractivity (Wildman–Crippen MR) is 126 cm³/mol. The SMILES string of the molecule is COc1ccccc1[C@H](C)NC(=O)CN(c1ccccc1C)S(=O)(=O)c1ccc(C)cc1. The molecule has 3 aromatic rings. The summed E-state index contributed by atoms with van der Waals surface area (Å²) in [6.07, 6.45) is 0. The Kier molecular flexibility index (Phi) is 7.20. The minimum Gasteiger partial charge on any atom is -0.496 e. The Morgan fingerprint density at radius 2 is 1.59 bits per heavy atom. The second-order valence-electron chi connectivity index (χ2n) is 7.64. The van der Waals surface area contributed by atoms with Gasteiger partial charge in [-0.25, -0.2) is 8.42 Å². The second-order valence-corrected chi connectivity index (χ2v) is 9.50. The van der Waals surface area contributed by atoms with Crippen molar-refractivity contribution in [2.24, 2.45) is 0 Å². The molecule has 3 rings (SSSR count). The van der Waals surface area contributed by atoms with Crippen molar-refractivity contribution in [2.45, 2.75) is 31.7 Å². The van der Waals surface area contributed by atoms with Crippen LogP contribution in [0.2, 0.25) is 0 Å². The normalized spacial score (nSPS) is 12.1. The van der Waals surface area contributed by atoms with E-state index in [1.807, 2.05) is 57.2 Å². The first-order valence-corrected chi connectivity index (χ1v) is 11.8. The van der Waals surface area contributed by atoms with Crippen LogP contribution in [-0.4, -0.2) is 28.0 Å². The Morgan fingerprint density at radius 1 is 0.969 bits per heavy atom. The number of methoxy groups -OCH3 is 1. The molecule has 0 saturated carbocycles. The van der Waals surface area contributed by atoms with Gasteiger partial charge >= 0.3 is 0 Å². The van der Waals surface area contributed by atoms with Crippen LogP contribution in [0.3, 0.4) is 0 Å². The topological polar surface area (TPSA) is 75.7 Å². The maximum atomic E-state index is 13.5. The third-order valence-corrected chi connectivity index (χ3v) is 7.04. The van der Waals surface area contributed by atoms with Gasteiger partial charge in [0.1, 0.15) is 12.3 Å². The molecule has 0 aliphatic heterocycles. The van der Waals surface area contributed by atoms with Crippen LogP contribution in [0, 0.1) is 13.8 Å². The van der Waals surface area contributed by atoms with Crippen molar-refractivity contribution in [3.8, 4) is 5.75 Å². The van der Waals surface area contributed by atoms with Crippen LogP contribution in [0.25, 0.3) is 0 Å². The molecule has 1 amide bonds. The van der Waals surface area contributed by atoms with Crippen molar-refractivity contribution in [3.05, 3.63) is 89.5 Å². The molecule has 1 atom stereocenters. The van der Waals surface area contributed by atoms with E-state index < -0.39 is 15.9 Å². The Labute approximate surface area is 189 Å². The number of para-hydroxylation sites is 2. The molecule has 0 bridgehead atoms. The lowest BCUT2D eigenvalue weighted by atomic mass is 10.1. The van der Waals surface area contributed by atoms with Crippen LogP contribution < -0.4 is 14.4 Å². The first-order valence-electron chi connectivity index (χ1n) is 10.3. The summed E-state index contributed by atoms with van der Waals surface area (Å²) in [5.74, 6) is 0.241. The summed E-state index contributed by atoms with van der Waals surface area (Å²) in [6.45, 7) is 5.20. The van der Waals surface area contributed by atoms with E-state index in [0.717, 1.165) is 21.0 Å². The summed E-state index contributed by atoms with van der Waals surface area (Å²) >= 11 is 0. The molecule has 0 saturated heterocycles. The van der Waals surface area contributed by atoms with Gasteiger partial charge < -0.3 is 10.1 Å². The summed E-state index contributed by atoms with van der Waals surface area (Å²) in [5.41, 5.74) is 2.99. The van der Waals surface area contributed by atoms with Crippen molar-refractivity contribution in [1.82, 2.24) is 5.32 Å². The average molecular weight is 453 g/mol. The number of anilines is 1. The molecule has 0 radical (unpaired) electrons. The first-order chi connectivity index (χ1) is 15.2. The average Bonchev–Trinajstić information content (AvgIpc) is 2.78. The fourth-order valence-corrected chi connectivity index (χ4v) is 4.99. The van der Waals surface area contributed by atoms with Crippen molar-refractivity contribution in [2.75, 3.05) is 18.0 Å². The molecular formula is C25H28N2O4S. The van der Waals surface area contributed by atoms with Gasteiger partial charge in [-0.2, -0.15) is 0 Å². The number of carbonyl (C=O) groups excluding carboxylic acids is 1. The fraction of sp³-hybridized carbons (Fsp3) is 0.240. The number of carbonyl (C=O) groups is 1. The number of ether oxygens (including phenoxy) is 1. The quantitative estimate of drug-likeness (QED) is 0.550. The van der Waals surface area contributed by atoms with Crippen LogP contribution in [-0.2, 0) is 14.8 Å². The van der Waals surface area contributed by atoms with Gasteiger partial charge in [0.2, 0.25) is 5.91 Å². The Morgan fingerprint density at radius 3 is 2.25 bits per heavy atom. The van der Waals surface area contributed by atoms with Crippen molar-refractivity contribution < 1.29 is 17.9 Å². The molecular weight excluding hydrogens is 424 g/mol. The van der Waals surface area contributed by atoms with Gasteiger partial charge in [-0.1, -0.05) is 54.1 Å². The van der Waals surface area contributed by atoms with E-state index in [2.05, 4.69) is 5.32 Å². The highest BCUT2D eigenvalue weighted by Crippen LogP contribution is 2.28. The highest BCUT2D eigenvalue weighted by molar-refractivity contribution is 7.92. The lowest BCUT2D eigenvalue weighted by molar-refractivity contribution is -0.120. The maximum Gasteiger partial charge on any atom is 0.264 e. The van der Waals surface area contributed by atoms with Crippen molar-refractivity contribution in [1.29, 1.82) is 0 Å². The summed E-state index contributed by atoms with van der Waals surface area (Å²) < 4.78 is 33.6. The summed E-state index contributed by atoms with van der Waals surface area (Å²) in [4.78, 5) is 13.1. The second kappa shape index (κ2) is 9.87.